The quantitative estimate of drug-likeness (QED) is 0.298. The van der Waals surface area contributed by atoms with Gasteiger partial charge in [0.1, 0.15) is 5.36 Å². The third-order valence-corrected chi connectivity index (χ3v) is 6.92. The molecule has 0 unspecified atom stereocenters. The highest BCUT2D eigenvalue weighted by Gasteiger charge is 2.10. The Kier molecular flexibility index (Phi) is 7.65. The number of rotatable bonds is 9. The molecule has 6 heteroatoms. The zero-order valence-electron chi connectivity index (χ0n) is 18.7. The summed E-state index contributed by atoms with van der Waals surface area (Å²) in [7, 11) is 0. The molecule has 2 heterocycles. The van der Waals surface area contributed by atoms with Gasteiger partial charge < -0.3 is 14.8 Å². The molecule has 0 amide bonds. The molecule has 5 nitrogen and oxygen atoms in total. The number of fused-ring (bicyclic) bond motifs is 2. The van der Waals surface area contributed by atoms with Gasteiger partial charge in [0.05, 0.1) is 11.0 Å². The highest BCUT2D eigenvalue weighted by atomic mass is 32.2. The summed E-state index contributed by atoms with van der Waals surface area (Å²) in [5, 5.41) is 16.7. The maximum Gasteiger partial charge on any atom is 0.183 e. The average molecular weight is 436 g/mol. The zero-order valence-corrected chi connectivity index (χ0v) is 19.5. The second-order valence-electron chi connectivity index (χ2n) is 7.90. The van der Waals surface area contributed by atoms with Crippen LogP contribution in [-0.4, -0.2) is 46.6 Å². The number of aryl methyl sites for hydroxylation is 1. The van der Waals surface area contributed by atoms with E-state index in [4.69, 9.17) is 5.10 Å². The van der Waals surface area contributed by atoms with Crippen LogP contribution in [-0.2, 0) is 6.54 Å². The van der Waals surface area contributed by atoms with E-state index in [0.29, 0.717) is 0 Å². The first kappa shape index (κ1) is 21.9. The number of unbranched alkanes of at least 4 members (excludes halogenated alkanes) is 2. The molecule has 2 aromatic carbocycles. The van der Waals surface area contributed by atoms with Crippen LogP contribution in [0.25, 0.3) is 21.8 Å². The van der Waals surface area contributed by atoms with Crippen molar-refractivity contribution in [1.82, 2.24) is 14.8 Å². The van der Waals surface area contributed by atoms with E-state index in [1.807, 2.05) is 0 Å². The van der Waals surface area contributed by atoms with Crippen molar-refractivity contribution < 1.29 is 0 Å². The molecule has 0 atom stereocenters. The van der Waals surface area contributed by atoms with Crippen LogP contribution in [0.5, 0.6) is 0 Å². The molecule has 3 aromatic rings. The number of hydrogen-bond donors (Lipinski definition) is 1. The van der Waals surface area contributed by atoms with E-state index in [-0.39, 0.29) is 0 Å². The topological polar surface area (TPSA) is 44.9 Å². The van der Waals surface area contributed by atoms with Crippen LogP contribution < -0.4 is 10.7 Å². The molecule has 0 saturated carbocycles. The van der Waals surface area contributed by atoms with E-state index >= 15 is 0 Å². The van der Waals surface area contributed by atoms with E-state index in [1.54, 1.807) is 11.8 Å². The summed E-state index contributed by atoms with van der Waals surface area (Å²) in [6, 6.07) is 17.2. The number of aromatic nitrogens is 1. The Morgan fingerprint density at radius 3 is 2.19 bits per heavy atom. The fourth-order valence-corrected chi connectivity index (χ4v) is 4.98. The number of nitrogens with one attached hydrogen (secondary N) is 1. The Morgan fingerprint density at radius 2 is 1.58 bits per heavy atom. The fourth-order valence-electron chi connectivity index (χ4n) is 4.28. The molecule has 164 valence electrons. The monoisotopic (exact) mass is 435 g/mol. The third kappa shape index (κ3) is 5.13. The van der Waals surface area contributed by atoms with Gasteiger partial charge >= 0.3 is 0 Å². The highest BCUT2D eigenvalue weighted by Crippen LogP contribution is 2.20. The number of benzene rings is 2. The molecule has 1 saturated heterocycles. The van der Waals surface area contributed by atoms with Gasteiger partial charge in [-0.05, 0) is 44.6 Å². The largest absolute Gasteiger partial charge is 0.362 e. The van der Waals surface area contributed by atoms with Crippen molar-refractivity contribution in [2.24, 2.45) is 10.2 Å². The molecule has 1 N–H and O–H groups in total. The molecule has 0 radical (unpaired) electrons. The Labute approximate surface area is 189 Å². The molecule has 0 aliphatic carbocycles. The summed E-state index contributed by atoms with van der Waals surface area (Å²) in [5.74, 6) is 1.05. The van der Waals surface area contributed by atoms with Gasteiger partial charge in [-0.3, -0.25) is 0 Å². The summed E-state index contributed by atoms with van der Waals surface area (Å²) in [6.07, 6.45) is 3.68. The molecule has 1 aliphatic heterocycles. The minimum absolute atomic E-state index is 0.915. The van der Waals surface area contributed by atoms with Crippen LogP contribution in [0.1, 0.15) is 33.1 Å². The van der Waals surface area contributed by atoms with Crippen molar-refractivity contribution in [2.45, 2.75) is 39.7 Å². The van der Waals surface area contributed by atoms with E-state index in [9.17, 15) is 0 Å². The molecular weight excluding hydrogens is 402 g/mol. The molecule has 31 heavy (non-hydrogen) atoms. The van der Waals surface area contributed by atoms with Crippen LogP contribution in [0.3, 0.4) is 0 Å². The maximum absolute atomic E-state index is 4.72. The lowest BCUT2D eigenvalue weighted by atomic mass is 10.1. The molecule has 4 rings (SSSR count). The SMILES string of the molecule is CCN(CC)CCCCCn1c2ccccc2c(=NN=C2NCCS2)c2ccccc21. The first-order chi connectivity index (χ1) is 15.3. The number of nitrogens with zero attached hydrogens (tertiary/aromatic N) is 4. The smallest absolute Gasteiger partial charge is 0.183 e. The number of thioether (sulfide) groups is 1. The van der Waals surface area contributed by atoms with Crippen molar-refractivity contribution in [2.75, 3.05) is 31.9 Å². The Bertz CT molecular complexity index is 1050. The van der Waals surface area contributed by atoms with E-state index in [2.05, 4.69) is 82.3 Å². The number of amidine groups is 1. The second kappa shape index (κ2) is 10.8. The minimum atomic E-state index is 0.915. The molecule has 1 aromatic heterocycles. The van der Waals surface area contributed by atoms with Gasteiger partial charge in [0, 0.05) is 29.6 Å². The second-order valence-corrected chi connectivity index (χ2v) is 8.99. The Morgan fingerprint density at radius 1 is 0.903 bits per heavy atom. The predicted molar refractivity (Wildman–Crippen MR) is 135 cm³/mol. The minimum Gasteiger partial charge on any atom is -0.362 e. The van der Waals surface area contributed by atoms with Crippen LogP contribution in [0.15, 0.2) is 58.7 Å². The molecular formula is C25H33N5S. The third-order valence-electron chi connectivity index (χ3n) is 6.01. The van der Waals surface area contributed by atoms with Crippen molar-refractivity contribution >= 4 is 38.7 Å². The van der Waals surface area contributed by atoms with E-state index < -0.39 is 0 Å². The fraction of sp³-hybridized carbons (Fsp3) is 0.440. The van der Waals surface area contributed by atoms with Crippen LogP contribution >= 0.6 is 11.8 Å². The van der Waals surface area contributed by atoms with Crippen LogP contribution in [0.2, 0.25) is 0 Å². The van der Waals surface area contributed by atoms with Gasteiger partial charge in [0.25, 0.3) is 0 Å². The molecule has 0 bridgehead atoms. The molecule has 1 fully saturated rings. The summed E-state index contributed by atoms with van der Waals surface area (Å²) >= 11 is 1.73. The van der Waals surface area contributed by atoms with Gasteiger partial charge in [0.15, 0.2) is 5.17 Å². The molecule has 0 spiro atoms. The van der Waals surface area contributed by atoms with Gasteiger partial charge in [-0.1, -0.05) is 68.4 Å². The number of pyridine rings is 1. The van der Waals surface area contributed by atoms with Gasteiger partial charge in [-0.25, -0.2) is 0 Å². The standard InChI is InChI=1S/C25H33N5S/c1-3-29(4-2)17-10-5-11-18-30-22-14-8-6-12-20(22)24(21-13-7-9-15-23(21)30)27-28-25-26-16-19-31-25/h6-9,12-15H,3-5,10-11,16-19H2,1-2H3,(H,26,28). The maximum atomic E-state index is 4.72. The van der Waals surface area contributed by atoms with Crippen molar-refractivity contribution in [3.63, 3.8) is 0 Å². The predicted octanol–water partition coefficient (Wildman–Crippen LogP) is 4.81. The van der Waals surface area contributed by atoms with Gasteiger partial charge in [0.2, 0.25) is 0 Å². The lowest BCUT2D eigenvalue weighted by Crippen LogP contribution is -2.23. The van der Waals surface area contributed by atoms with Crippen molar-refractivity contribution in [3.05, 3.63) is 53.9 Å². The van der Waals surface area contributed by atoms with E-state index in [1.165, 1.54) is 36.8 Å². The zero-order chi connectivity index (χ0) is 21.5. The Hall–Kier alpha value is -2.31. The summed E-state index contributed by atoms with van der Waals surface area (Å²) in [4.78, 5) is 2.51. The van der Waals surface area contributed by atoms with Gasteiger partial charge in [-0.15, -0.1) is 10.2 Å². The number of para-hydroxylation sites is 2. The number of hydrogen-bond acceptors (Lipinski definition) is 4. The Balaban J connectivity index is 1.67. The van der Waals surface area contributed by atoms with Gasteiger partial charge in [-0.2, -0.15) is 0 Å². The summed E-state index contributed by atoms with van der Waals surface area (Å²) in [5.41, 5.74) is 2.46. The van der Waals surface area contributed by atoms with Crippen molar-refractivity contribution in [3.8, 4) is 0 Å². The lowest BCUT2D eigenvalue weighted by Gasteiger charge is -2.18. The molecule has 1 aliphatic rings. The van der Waals surface area contributed by atoms with E-state index in [0.717, 1.165) is 53.2 Å². The first-order valence-electron chi connectivity index (χ1n) is 11.5. The van der Waals surface area contributed by atoms with Crippen LogP contribution in [0.4, 0.5) is 0 Å². The lowest BCUT2D eigenvalue weighted by molar-refractivity contribution is 0.295. The van der Waals surface area contributed by atoms with Crippen LogP contribution in [0, 0.1) is 0 Å². The van der Waals surface area contributed by atoms with Crippen molar-refractivity contribution in [1.29, 1.82) is 0 Å². The first-order valence-corrected chi connectivity index (χ1v) is 12.5. The normalized spacial score (nSPS) is 15.3. The highest BCUT2D eigenvalue weighted by molar-refractivity contribution is 8.14. The summed E-state index contributed by atoms with van der Waals surface area (Å²) in [6.45, 7) is 9.96. The average Bonchev–Trinajstić information content (AvgIpc) is 3.34. The summed E-state index contributed by atoms with van der Waals surface area (Å²) < 4.78 is 2.47.